The molecule has 1 aliphatic heterocycles. The number of hydrogen-bond donors (Lipinski definition) is 1. The van der Waals surface area contributed by atoms with E-state index >= 15 is 0 Å². The van der Waals surface area contributed by atoms with Gasteiger partial charge in [-0.2, -0.15) is 0 Å². The fourth-order valence-corrected chi connectivity index (χ4v) is 4.16. The van der Waals surface area contributed by atoms with E-state index in [-0.39, 0.29) is 5.02 Å². The monoisotopic (exact) mass is 469 g/mol. The Morgan fingerprint density at radius 3 is 2.67 bits per heavy atom. The molecule has 1 amide bonds. The van der Waals surface area contributed by atoms with Crippen molar-refractivity contribution in [2.24, 2.45) is 0 Å². The van der Waals surface area contributed by atoms with Crippen LogP contribution < -0.4 is 5.32 Å². The number of carbonyl (C=O) groups excluding carboxylic acids is 2. The Kier molecular flexibility index (Phi) is 6.63. The third-order valence-electron chi connectivity index (χ3n) is 5.85. The van der Waals surface area contributed by atoms with Crippen molar-refractivity contribution in [3.05, 3.63) is 70.1 Å². The number of fused-ring (bicyclic) bond motifs is 2. The summed E-state index contributed by atoms with van der Waals surface area (Å²) in [5, 5.41) is 3.19. The molecule has 0 saturated heterocycles. The number of para-hydroxylation sites is 1. The molecular formula is C25H25ClFN3O3. The van der Waals surface area contributed by atoms with Gasteiger partial charge in [-0.25, -0.2) is 9.18 Å². The van der Waals surface area contributed by atoms with Gasteiger partial charge in [-0.15, -0.1) is 0 Å². The highest BCUT2D eigenvalue weighted by molar-refractivity contribution is 6.31. The number of rotatable bonds is 5. The quantitative estimate of drug-likeness (QED) is 0.534. The van der Waals surface area contributed by atoms with Crippen LogP contribution in [0.1, 0.15) is 42.4 Å². The molecule has 8 heteroatoms. The second-order valence-corrected chi connectivity index (χ2v) is 8.82. The van der Waals surface area contributed by atoms with E-state index in [0.717, 1.165) is 35.8 Å². The first-order valence-corrected chi connectivity index (χ1v) is 11.2. The Hall–Kier alpha value is -3.03. The SMILES string of the molecule is CC(OC(=O)c1c2c(nc3ccccc13)CCN(C(C)C)C2)C(=O)Nc1ccc(F)c(Cl)c1. The molecule has 1 N–H and O–H groups in total. The van der Waals surface area contributed by atoms with Crippen LogP contribution in [0, 0.1) is 5.82 Å². The molecule has 6 nitrogen and oxygen atoms in total. The van der Waals surface area contributed by atoms with Gasteiger partial charge in [0.05, 0.1) is 16.1 Å². The predicted octanol–water partition coefficient (Wildman–Crippen LogP) is 4.98. The van der Waals surface area contributed by atoms with Gasteiger partial charge >= 0.3 is 5.97 Å². The third kappa shape index (κ3) is 4.84. The number of benzene rings is 2. The minimum Gasteiger partial charge on any atom is -0.449 e. The number of anilines is 1. The van der Waals surface area contributed by atoms with E-state index in [9.17, 15) is 14.0 Å². The first-order chi connectivity index (χ1) is 15.7. The lowest BCUT2D eigenvalue weighted by atomic mass is 9.95. The van der Waals surface area contributed by atoms with E-state index in [0.29, 0.717) is 29.2 Å². The van der Waals surface area contributed by atoms with Gasteiger partial charge < -0.3 is 10.1 Å². The summed E-state index contributed by atoms with van der Waals surface area (Å²) in [5.74, 6) is -1.70. The number of amides is 1. The van der Waals surface area contributed by atoms with E-state index in [2.05, 4.69) is 24.1 Å². The van der Waals surface area contributed by atoms with Crippen LogP contribution in [0.15, 0.2) is 42.5 Å². The van der Waals surface area contributed by atoms with Gasteiger partial charge in [0.2, 0.25) is 0 Å². The number of nitrogens with one attached hydrogen (secondary N) is 1. The normalized spacial score (nSPS) is 14.7. The Labute approximate surface area is 196 Å². The lowest BCUT2D eigenvalue weighted by Crippen LogP contribution is -2.37. The van der Waals surface area contributed by atoms with Gasteiger partial charge in [0.1, 0.15) is 5.82 Å². The smallest absolute Gasteiger partial charge is 0.339 e. The maximum absolute atomic E-state index is 13.4. The Morgan fingerprint density at radius 1 is 1.18 bits per heavy atom. The first-order valence-electron chi connectivity index (χ1n) is 10.9. The van der Waals surface area contributed by atoms with Crippen LogP contribution in [0.3, 0.4) is 0 Å². The molecule has 1 aliphatic rings. The highest BCUT2D eigenvalue weighted by Crippen LogP contribution is 2.30. The third-order valence-corrected chi connectivity index (χ3v) is 6.14. The highest BCUT2D eigenvalue weighted by Gasteiger charge is 2.29. The topological polar surface area (TPSA) is 71.5 Å². The number of aromatic nitrogens is 1. The van der Waals surface area contributed by atoms with Crippen LogP contribution in [0.4, 0.5) is 10.1 Å². The number of halogens is 2. The lowest BCUT2D eigenvalue weighted by Gasteiger charge is -2.32. The summed E-state index contributed by atoms with van der Waals surface area (Å²) in [5.41, 5.74) is 3.21. The minimum atomic E-state index is -1.08. The summed E-state index contributed by atoms with van der Waals surface area (Å²) in [6, 6.07) is 11.6. The van der Waals surface area contributed by atoms with Crippen LogP contribution in [0.5, 0.6) is 0 Å². The van der Waals surface area contributed by atoms with Crippen molar-refractivity contribution in [3.8, 4) is 0 Å². The molecule has 0 radical (unpaired) electrons. The Morgan fingerprint density at radius 2 is 1.94 bits per heavy atom. The number of nitrogens with zero attached hydrogens (tertiary/aromatic N) is 2. The molecule has 0 fully saturated rings. The van der Waals surface area contributed by atoms with E-state index in [4.69, 9.17) is 21.3 Å². The zero-order chi connectivity index (χ0) is 23.7. The van der Waals surface area contributed by atoms with Gasteiger partial charge in [-0.1, -0.05) is 29.8 Å². The van der Waals surface area contributed by atoms with E-state index in [1.54, 1.807) is 0 Å². The molecule has 0 bridgehead atoms. The van der Waals surface area contributed by atoms with Gasteiger partial charge in [0.25, 0.3) is 5.91 Å². The molecule has 1 unspecified atom stereocenters. The van der Waals surface area contributed by atoms with Gasteiger partial charge in [0, 0.05) is 47.9 Å². The fraction of sp³-hybridized carbons (Fsp3) is 0.320. The van der Waals surface area contributed by atoms with Gasteiger partial charge in [-0.3, -0.25) is 14.7 Å². The van der Waals surface area contributed by atoms with E-state index < -0.39 is 23.8 Å². The average molecular weight is 470 g/mol. The summed E-state index contributed by atoms with van der Waals surface area (Å²) in [7, 11) is 0. The molecule has 0 spiro atoms. The van der Waals surface area contributed by atoms with Crippen molar-refractivity contribution in [3.63, 3.8) is 0 Å². The standard InChI is InChI=1S/C25H25ClFN3O3/c1-14(2)30-11-10-22-18(13-30)23(17-6-4-5-7-21(17)29-22)25(32)33-15(3)24(31)28-16-8-9-20(27)19(26)12-16/h4-9,12,14-15H,10-11,13H2,1-3H3,(H,28,31). The predicted molar refractivity (Wildman–Crippen MR) is 126 cm³/mol. The van der Waals surface area contributed by atoms with Crippen LogP contribution in [-0.4, -0.2) is 40.5 Å². The summed E-state index contributed by atoms with van der Waals surface area (Å²) < 4.78 is 19.0. The highest BCUT2D eigenvalue weighted by atomic mass is 35.5. The summed E-state index contributed by atoms with van der Waals surface area (Å²) in [6.45, 7) is 7.18. The molecule has 2 aromatic carbocycles. The molecule has 0 saturated carbocycles. The van der Waals surface area contributed by atoms with Crippen molar-refractivity contribution < 1.29 is 18.7 Å². The van der Waals surface area contributed by atoms with E-state index in [1.807, 2.05) is 24.3 Å². The van der Waals surface area contributed by atoms with Gasteiger partial charge in [-0.05, 0) is 45.0 Å². The number of carbonyl (C=O) groups is 2. The molecule has 0 aliphatic carbocycles. The molecule has 3 aromatic rings. The molecule has 4 rings (SSSR count). The van der Waals surface area contributed by atoms with Crippen molar-refractivity contribution >= 4 is 40.1 Å². The molecule has 33 heavy (non-hydrogen) atoms. The Bertz CT molecular complexity index is 1230. The lowest BCUT2D eigenvalue weighted by molar-refractivity contribution is -0.123. The van der Waals surface area contributed by atoms with Crippen LogP contribution in [0.2, 0.25) is 5.02 Å². The maximum Gasteiger partial charge on any atom is 0.339 e. The Balaban J connectivity index is 1.61. The zero-order valence-electron chi connectivity index (χ0n) is 18.7. The van der Waals surface area contributed by atoms with Crippen LogP contribution >= 0.6 is 11.6 Å². The summed E-state index contributed by atoms with van der Waals surface area (Å²) in [6.07, 6.45) is -0.339. The molecular weight excluding hydrogens is 445 g/mol. The second kappa shape index (κ2) is 9.45. The summed E-state index contributed by atoms with van der Waals surface area (Å²) in [4.78, 5) is 33.0. The van der Waals surface area contributed by atoms with E-state index in [1.165, 1.54) is 19.1 Å². The van der Waals surface area contributed by atoms with Crippen molar-refractivity contribution in [2.45, 2.75) is 45.9 Å². The molecule has 1 aromatic heterocycles. The molecule has 2 heterocycles. The van der Waals surface area contributed by atoms with Crippen molar-refractivity contribution in [2.75, 3.05) is 11.9 Å². The molecule has 1 atom stereocenters. The average Bonchev–Trinajstić information content (AvgIpc) is 2.79. The number of hydrogen-bond acceptors (Lipinski definition) is 5. The molecule has 172 valence electrons. The van der Waals surface area contributed by atoms with Crippen molar-refractivity contribution in [1.82, 2.24) is 9.88 Å². The van der Waals surface area contributed by atoms with Crippen LogP contribution in [-0.2, 0) is 22.5 Å². The van der Waals surface area contributed by atoms with Crippen LogP contribution in [0.25, 0.3) is 10.9 Å². The number of esters is 1. The number of pyridine rings is 1. The first kappa shape index (κ1) is 23.1. The largest absolute Gasteiger partial charge is 0.449 e. The summed E-state index contributed by atoms with van der Waals surface area (Å²) >= 11 is 5.78. The minimum absolute atomic E-state index is 0.109. The zero-order valence-corrected chi connectivity index (χ0v) is 19.4. The maximum atomic E-state index is 13.4. The number of ether oxygens (including phenoxy) is 1. The van der Waals surface area contributed by atoms with Gasteiger partial charge in [0.15, 0.2) is 6.10 Å². The fourth-order valence-electron chi connectivity index (χ4n) is 3.98. The second-order valence-electron chi connectivity index (χ2n) is 8.41. The van der Waals surface area contributed by atoms with Crippen molar-refractivity contribution in [1.29, 1.82) is 0 Å².